The van der Waals surface area contributed by atoms with E-state index in [1.54, 1.807) is 7.11 Å². The molecular formula is C23H29Cl2F3N2O3. The molecule has 10 heteroatoms. The van der Waals surface area contributed by atoms with Crippen molar-refractivity contribution in [2.24, 2.45) is 5.92 Å². The summed E-state index contributed by atoms with van der Waals surface area (Å²) in [5, 5.41) is 3.41. The number of rotatable bonds is 6. The van der Waals surface area contributed by atoms with Crippen molar-refractivity contribution >= 4 is 30.5 Å². The average Bonchev–Trinajstić information content (AvgIpc) is 2.78. The predicted octanol–water partition coefficient (Wildman–Crippen LogP) is 5.20. The summed E-state index contributed by atoms with van der Waals surface area (Å²) in [6.07, 6.45) is -2.59. The summed E-state index contributed by atoms with van der Waals surface area (Å²) in [4.78, 5) is 2.35. The second-order valence-corrected chi connectivity index (χ2v) is 7.97. The van der Waals surface area contributed by atoms with Crippen molar-refractivity contribution in [2.75, 3.05) is 44.8 Å². The number of hydrogen-bond acceptors (Lipinski definition) is 5. The molecule has 1 fully saturated rings. The quantitative estimate of drug-likeness (QED) is 0.580. The Morgan fingerprint density at radius 2 is 1.76 bits per heavy atom. The number of nitrogens with zero attached hydrogens (tertiary/aromatic N) is 1. The number of alkyl halides is 3. The van der Waals surface area contributed by atoms with Crippen LogP contribution in [0.15, 0.2) is 42.5 Å². The minimum absolute atomic E-state index is 0. The normalized spacial score (nSPS) is 18.2. The zero-order chi connectivity index (χ0) is 21.8. The van der Waals surface area contributed by atoms with Crippen LogP contribution in [0.4, 0.5) is 18.9 Å². The molecule has 0 unspecified atom stereocenters. The number of anilines is 1. The van der Waals surface area contributed by atoms with E-state index in [0.29, 0.717) is 24.8 Å². The highest BCUT2D eigenvalue weighted by Gasteiger charge is 2.33. The van der Waals surface area contributed by atoms with Gasteiger partial charge in [0.15, 0.2) is 11.5 Å². The summed E-state index contributed by atoms with van der Waals surface area (Å²) in [5.74, 6) is 1.94. The summed E-state index contributed by atoms with van der Waals surface area (Å²) in [6, 6.07) is 11.4. The largest absolute Gasteiger partial charge is 0.495 e. The van der Waals surface area contributed by atoms with E-state index in [4.69, 9.17) is 14.2 Å². The van der Waals surface area contributed by atoms with Crippen LogP contribution in [0.1, 0.15) is 18.4 Å². The minimum atomic E-state index is -4.40. The third kappa shape index (κ3) is 6.74. The van der Waals surface area contributed by atoms with Crippen molar-refractivity contribution in [3.05, 3.63) is 48.0 Å². The molecule has 2 aliphatic heterocycles. The van der Waals surface area contributed by atoms with Gasteiger partial charge in [0, 0.05) is 19.6 Å². The zero-order valence-electron chi connectivity index (χ0n) is 18.3. The number of halogens is 5. The Bertz CT molecular complexity index is 893. The molecule has 0 spiro atoms. The molecule has 0 amide bonds. The molecule has 184 valence electrons. The predicted molar refractivity (Wildman–Crippen MR) is 127 cm³/mol. The molecule has 1 saturated heterocycles. The Morgan fingerprint density at radius 1 is 1.03 bits per heavy atom. The summed E-state index contributed by atoms with van der Waals surface area (Å²) in [7, 11) is 1.69. The van der Waals surface area contributed by atoms with Gasteiger partial charge in [0.2, 0.25) is 0 Å². The first-order chi connectivity index (χ1) is 14.9. The summed E-state index contributed by atoms with van der Waals surface area (Å²) >= 11 is 0. The van der Waals surface area contributed by atoms with Crippen molar-refractivity contribution in [3.63, 3.8) is 0 Å². The first kappa shape index (κ1) is 27.2. The van der Waals surface area contributed by atoms with Gasteiger partial charge in [0.05, 0.1) is 18.4 Å². The van der Waals surface area contributed by atoms with Gasteiger partial charge in [0.1, 0.15) is 18.5 Å². The Balaban J connectivity index is 0.00000193. The van der Waals surface area contributed by atoms with Crippen LogP contribution in [0.3, 0.4) is 0 Å². The van der Waals surface area contributed by atoms with E-state index in [1.807, 2.05) is 18.2 Å². The smallest absolute Gasteiger partial charge is 0.416 e. The topological polar surface area (TPSA) is 43.0 Å². The van der Waals surface area contributed by atoms with E-state index in [0.717, 1.165) is 56.0 Å². The Hall–Kier alpha value is -2.03. The highest BCUT2D eigenvalue weighted by molar-refractivity contribution is 5.85. The van der Waals surface area contributed by atoms with E-state index >= 15 is 0 Å². The molecule has 1 N–H and O–H groups in total. The third-order valence-electron chi connectivity index (χ3n) is 5.83. The fourth-order valence-corrected chi connectivity index (χ4v) is 4.11. The maximum absolute atomic E-state index is 12.9. The van der Waals surface area contributed by atoms with E-state index in [2.05, 4.69) is 16.3 Å². The van der Waals surface area contributed by atoms with E-state index < -0.39 is 11.7 Å². The first-order valence-electron chi connectivity index (χ1n) is 10.5. The molecular weight excluding hydrogens is 480 g/mol. The van der Waals surface area contributed by atoms with Crippen LogP contribution in [0.25, 0.3) is 0 Å². The molecule has 0 bridgehead atoms. The van der Waals surface area contributed by atoms with Crippen LogP contribution in [-0.4, -0.2) is 46.0 Å². The summed E-state index contributed by atoms with van der Waals surface area (Å²) in [5.41, 5.74) is 0.395. The standard InChI is InChI=1S/C23H27F3N2O3.2ClH/c1-29-20-5-3-2-4-19(20)28-10-8-16(9-11-28)13-27-14-18-15-30-21-7-6-17(23(24,25)26)12-22(21)31-18;;/h2-7,12,16,18,27H,8-11,13-15H2,1H3;2*1H/t18-;;/m0../s1. The first-order valence-corrected chi connectivity index (χ1v) is 10.5. The van der Waals surface area contributed by atoms with Crippen molar-refractivity contribution < 1.29 is 27.4 Å². The van der Waals surface area contributed by atoms with Gasteiger partial charge in [-0.05, 0) is 55.6 Å². The number of piperidine rings is 1. The lowest BCUT2D eigenvalue weighted by Gasteiger charge is -2.34. The fourth-order valence-electron chi connectivity index (χ4n) is 4.11. The maximum atomic E-state index is 12.9. The second kappa shape index (κ2) is 11.9. The Labute approximate surface area is 204 Å². The van der Waals surface area contributed by atoms with Crippen molar-refractivity contribution in [3.8, 4) is 17.2 Å². The molecule has 2 aromatic rings. The molecule has 0 aromatic heterocycles. The van der Waals surface area contributed by atoms with Gasteiger partial charge in [-0.15, -0.1) is 24.8 Å². The number of nitrogens with one attached hydrogen (secondary N) is 1. The van der Waals surface area contributed by atoms with Crippen LogP contribution in [0, 0.1) is 5.92 Å². The zero-order valence-corrected chi connectivity index (χ0v) is 19.9. The van der Waals surface area contributed by atoms with Crippen LogP contribution in [-0.2, 0) is 6.18 Å². The van der Waals surface area contributed by atoms with Gasteiger partial charge in [-0.2, -0.15) is 13.2 Å². The van der Waals surface area contributed by atoms with Crippen LogP contribution >= 0.6 is 24.8 Å². The molecule has 0 saturated carbocycles. The SMILES string of the molecule is COc1ccccc1N1CCC(CNC[C@H]2COc3ccc(C(F)(F)F)cc3O2)CC1.Cl.Cl. The van der Waals surface area contributed by atoms with Gasteiger partial charge >= 0.3 is 6.18 Å². The maximum Gasteiger partial charge on any atom is 0.416 e. The molecule has 0 aliphatic carbocycles. The Kier molecular flexibility index (Phi) is 9.82. The lowest BCUT2D eigenvalue weighted by molar-refractivity contribution is -0.137. The molecule has 2 aliphatic rings. The highest BCUT2D eigenvalue weighted by atomic mass is 35.5. The molecule has 0 radical (unpaired) electrons. The van der Waals surface area contributed by atoms with E-state index in [9.17, 15) is 13.2 Å². The number of ether oxygens (including phenoxy) is 3. The average molecular weight is 509 g/mol. The van der Waals surface area contributed by atoms with Gasteiger partial charge in [-0.1, -0.05) is 12.1 Å². The van der Waals surface area contributed by atoms with Gasteiger partial charge in [0.25, 0.3) is 0 Å². The van der Waals surface area contributed by atoms with E-state index in [1.165, 1.54) is 6.07 Å². The van der Waals surface area contributed by atoms with Crippen LogP contribution in [0.5, 0.6) is 17.2 Å². The van der Waals surface area contributed by atoms with Crippen molar-refractivity contribution in [1.29, 1.82) is 0 Å². The number of para-hydroxylation sites is 2. The van der Waals surface area contributed by atoms with Gasteiger partial charge in [-0.3, -0.25) is 0 Å². The number of methoxy groups -OCH3 is 1. The second-order valence-electron chi connectivity index (χ2n) is 7.97. The number of benzene rings is 2. The fraction of sp³-hybridized carbons (Fsp3) is 0.478. The van der Waals surface area contributed by atoms with E-state index in [-0.39, 0.29) is 36.7 Å². The monoisotopic (exact) mass is 508 g/mol. The van der Waals surface area contributed by atoms with Crippen LogP contribution < -0.4 is 24.4 Å². The third-order valence-corrected chi connectivity index (χ3v) is 5.83. The molecule has 33 heavy (non-hydrogen) atoms. The Morgan fingerprint density at radius 3 is 2.45 bits per heavy atom. The summed E-state index contributed by atoms with van der Waals surface area (Å²) in [6.45, 7) is 3.61. The number of fused-ring (bicyclic) bond motifs is 1. The van der Waals surface area contributed by atoms with Crippen molar-refractivity contribution in [1.82, 2.24) is 5.32 Å². The van der Waals surface area contributed by atoms with Crippen molar-refractivity contribution in [2.45, 2.75) is 25.1 Å². The lowest BCUT2D eigenvalue weighted by Crippen LogP contribution is -2.42. The van der Waals surface area contributed by atoms with Gasteiger partial charge in [-0.25, -0.2) is 0 Å². The molecule has 2 aromatic carbocycles. The minimum Gasteiger partial charge on any atom is -0.495 e. The lowest BCUT2D eigenvalue weighted by atomic mass is 9.96. The van der Waals surface area contributed by atoms with Gasteiger partial charge < -0.3 is 24.4 Å². The van der Waals surface area contributed by atoms with Crippen LogP contribution in [0.2, 0.25) is 0 Å². The molecule has 1 atom stereocenters. The molecule has 5 nitrogen and oxygen atoms in total. The highest BCUT2D eigenvalue weighted by Crippen LogP contribution is 2.38. The molecule has 4 rings (SSSR count). The molecule has 2 heterocycles. The summed E-state index contributed by atoms with van der Waals surface area (Å²) < 4.78 is 55.6. The number of hydrogen-bond donors (Lipinski definition) is 1.